The Kier molecular flexibility index (Phi) is 4.55. The van der Waals surface area contributed by atoms with Crippen LogP contribution in [0.2, 0.25) is 0 Å². The van der Waals surface area contributed by atoms with Crippen molar-refractivity contribution in [1.82, 2.24) is 23.7 Å². The van der Waals surface area contributed by atoms with Crippen molar-refractivity contribution in [2.45, 2.75) is 20.8 Å². The largest absolute Gasteiger partial charge is 0.368 e. The van der Waals surface area contributed by atoms with E-state index in [1.54, 1.807) is 10.5 Å². The minimum atomic E-state index is -0.0661. The topological polar surface area (TPSA) is 58.2 Å². The van der Waals surface area contributed by atoms with E-state index in [1.807, 2.05) is 49.0 Å². The van der Waals surface area contributed by atoms with Gasteiger partial charge in [-0.25, -0.2) is 9.97 Å². The second-order valence-electron chi connectivity index (χ2n) is 8.04. The standard InChI is InChI=1S/C23H26N6O/c1-4-26-7-9-27(10-8-26)19-5-6-21-25-20(12-22(30)29(21)15-19)18-11-16(2)23-24-17(3)13-28(23)14-18/h5-6,11-15H,4,7-10H2,1-3H3. The summed E-state index contributed by atoms with van der Waals surface area (Å²) < 4.78 is 3.65. The Morgan fingerprint density at radius 2 is 1.77 bits per heavy atom. The van der Waals surface area contributed by atoms with Crippen molar-refractivity contribution in [3.8, 4) is 11.3 Å². The van der Waals surface area contributed by atoms with Crippen LogP contribution in [-0.2, 0) is 0 Å². The normalized spacial score (nSPS) is 15.4. The summed E-state index contributed by atoms with van der Waals surface area (Å²) in [5.41, 5.74) is 6.22. The van der Waals surface area contributed by atoms with E-state index in [2.05, 4.69) is 27.8 Å². The second-order valence-corrected chi connectivity index (χ2v) is 8.04. The summed E-state index contributed by atoms with van der Waals surface area (Å²) in [4.78, 5) is 27.0. The number of fused-ring (bicyclic) bond motifs is 2. The maximum Gasteiger partial charge on any atom is 0.258 e. The molecule has 1 aliphatic rings. The van der Waals surface area contributed by atoms with E-state index in [0.29, 0.717) is 11.3 Å². The molecule has 4 aromatic rings. The molecule has 0 N–H and O–H groups in total. The third kappa shape index (κ3) is 3.25. The van der Waals surface area contributed by atoms with Crippen molar-refractivity contribution in [2.75, 3.05) is 37.6 Å². The van der Waals surface area contributed by atoms with Gasteiger partial charge in [0.15, 0.2) is 0 Å². The number of rotatable bonds is 3. The molecule has 0 unspecified atom stereocenters. The zero-order valence-corrected chi connectivity index (χ0v) is 17.7. The highest BCUT2D eigenvalue weighted by Gasteiger charge is 2.17. The third-order valence-corrected chi connectivity index (χ3v) is 5.98. The van der Waals surface area contributed by atoms with Crippen LogP contribution in [0.4, 0.5) is 5.69 Å². The van der Waals surface area contributed by atoms with Gasteiger partial charge in [-0.2, -0.15) is 0 Å². The van der Waals surface area contributed by atoms with Gasteiger partial charge >= 0.3 is 0 Å². The number of aromatic nitrogens is 4. The van der Waals surface area contributed by atoms with E-state index in [-0.39, 0.29) is 5.56 Å². The lowest BCUT2D eigenvalue weighted by Crippen LogP contribution is -2.46. The van der Waals surface area contributed by atoms with Gasteiger partial charge in [-0.15, -0.1) is 0 Å². The smallest absolute Gasteiger partial charge is 0.258 e. The minimum Gasteiger partial charge on any atom is -0.368 e. The monoisotopic (exact) mass is 402 g/mol. The third-order valence-electron chi connectivity index (χ3n) is 5.98. The molecule has 0 aromatic carbocycles. The quantitative estimate of drug-likeness (QED) is 0.527. The molecule has 5 rings (SSSR count). The van der Waals surface area contributed by atoms with Crippen molar-refractivity contribution < 1.29 is 0 Å². The number of aryl methyl sites for hydroxylation is 2. The van der Waals surface area contributed by atoms with E-state index in [9.17, 15) is 4.79 Å². The molecule has 1 aliphatic heterocycles. The number of imidazole rings is 1. The molecule has 1 fully saturated rings. The summed E-state index contributed by atoms with van der Waals surface area (Å²) in [6, 6.07) is 7.68. The average Bonchev–Trinajstić information content (AvgIpc) is 3.14. The Bertz CT molecular complexity index is 1300. The van der Waals surface area contributed by atoms with Gasteiger partial charge in [-0.1, -0.05) is 6.92 Å². The van der Waals surface area contributed by atoms with Crippen LogP contribution >= 0.6 is 0 Å². The number of hydrogen-bond acceptors (Lipinski definition) is 5. The summed E-state index contributed by atoms with van der Waals surface area (Å²) >= 11 is 0. The van der Waals surface area contributed by atoms with Gasteiger partial charge in [-0.3, -0.25) is 9.20 Å². The molecule has 7 heteroatoms. The molecule has 4 aromatic heterocycles. The summed E-state index contributed by atoms with van der Waals surface area (Å²) in [6.07, 6.45) is 5.90. The molecule has 0 radical (unpaired) electrons. The van der Waals surface area contributed by atoms with Gasteiger partial charge in [-0.05, 0) is 44.2 Å². The number of piperazine rings is 1. The van der Waals surface area contributed by atoms with E-state index in [0.717, 1.165) is 60.9 Å². The van der Waals surface area contributed by atoms with Crippen LogP contribution in [-0.4, -0.2) is 56.4 Å². The highest BCUT2D eigenvalue weighted by Crippen LogP contribution is 2.22. The van der Waals surface area contributed by atoms with Crippen LogP contribution < -0.4 is 10.5 Å². The summed E-state index contributed by atoms with van der Waals surface area (Å²) in [6.45, 7) is 11.3. The number of likely N-dealkylation sites (N-methyl/N-ethyl adjacent to an activating group) is 1. The Labute approximate surface area is 175 Å². The molecule has 0 saturated carbocycles. The summed E-state index contributed by atoms with van der Waals surface area (Å²) in [5.74, 6) is 0. The summed E-state index contributed by atoms with van der Waals surface area (Å²) in [7, 11) is 0. The van der Waals surface area contributed by atoms with Gasteiger partial charge in [0.2, 0.25) is 0 Å². The van der Waals surface area contributed by atoms with Crippen LogP contribution in [0.1, 0.15) is 18.2 Å². The maximum atomic E-state index is 12.9. The molecular formula is C23H26N6O. The van der Waals surface area contributed by atoms with Crippen molar-refractivity contribution in [3.63, 3.8) is 0 Å². The first-order valence-electron chi connectivity index (χ1n) is 10.5. The van der Waals surface area contributed by atoms with Crippen molar-refractivity contribution in [3.05, 3.63) is 64.5 Å². The SMILES string of the molecule is CCN1CCN(c2ccc3nc(-c4cc(C)c5nc(C)cn5c4)cc(=O)n3c2)CC1. The number of nitrogens with zero attached hydrogens (tertiary/aromatic N) is 6. The van der Waals surface area contributed by atoms with Crippen LogP contribution in [0, 0.1) is 13.8 Å². The molecule has 0 bridgehead atoms. The maximum absolute atomic E-state index is 12.9. The fraction of sp³-hybridized carbons (Fsp3) is 0.348. The zero-order valence-electron chi connectivity index (χ0n) is 17.7. The molecule has 7 nitrogen and oxygen atoms in total. The first-order chi connectivity index (χ1) is 14.5. The van der Waals surface area contributed by atoms with E-state index < -0.39 is 0 Å². The predicted octanol–water partition coefficient (Wildman–Crippen LogP) is 2.77. The number of pyridine rings is 2. The Balaban J connectivity index is 1.53. The van der Waals surface area contributed by atoms with Crippen molar-refractivity contribution in [1.29, 1.82) is 0 Å². The summed E-state index contributed by atoms with van der Waals surface area (Å²) in [5, 5.41) is 0. The van der Waals surface area contributed by atoms with Gasteiger partial charge in [0, 0.05) is 56.4 Å². The molecule has 30 heavy (non-hydrogen) atoms. The number of hydrogen-bond donors (Lipinski definition) is 0. The first kappa shape index (κ1) is 18.8. The molecule has 0 atom stereocenters. The van der Waals surface area contributed by atoms with Gasteiger partial charge in [0.1, 0.15) is 11.3 Å². The molecule has 154 valence electrons. The molecule has 0 aliphatic carbocycles. The first-order valence-corrected chi connectivity index (χ1v) is 10.5. The highest BCUT2D eigenvalue weighted by molar-refractivity contribution is 5.66. The predicted molar refractivity (Wildman–Crippen MR) is 119 cm³/mol. The van der Waals surface area contributed by atoms with Crippen LogP contribution in [0.5, 0.6) is 0 Å². The van der Waals surface area contributed by atoms with Gasteiger partial charge in [0.25, 0.3) is 5.56 Å². The number of anilines is 1. The lowest BCUT2D eigenvalue weighted by Gasteiger charge is -2.35. The van der Waals surface area contributed by atoms with Gasteiger partial charge in [0.05, 0.1) is 17.1 Å². The Hall–Kier alpha value is -3.19. The molecule has 0 spiro atoms. The fourth-order valence-corrected chi connectivity index (χ4v) is 4.28. The van der Waals surface area contributed by atoms with Crippen LogP contribution in [0.3, 0.4) is 0 Å². The minimum absolute atomic E-state index is 0.0661. The highest BCUT2D eigenvalue weighted by atomic mass is 16.1. The molecule has 1 saturated heterocycles. The molecule has 0 amide bonds. The molecular weight excluding hydrogens is 376 g/mol. The van der Waals surface area contributed by atoms with E-state index in [4.69, 9.17) is 4.98 Å². The average molecular weight is 403 g/mol. The van der Waals surface area contributed by atoms with Crippen molar-refractivity contribution in [2.24, 2.45) is 0 Å². The van der Waals surface area contributed by atoms with Gasteiger partial charge < -0.3 is 14.2 Å². The van der Waals surface area contributed by atoms with Crippen LogP contribution in [0.25, 0.3) is 22.6 Å². The molecule has 5 heterocycles. The van der Waals surface area contributed by atoms with Crippen LogP contribution in [0.15, 0.2) is 47.7 Å². The lowest BCUT2D eigenvalue weighted by atomic mass is 10.1. The Morgan fingerprint density at radius 1 is 0.967 bits per heavy atom. The second kappa shape index (κ2) is 7.25. The van der Waals surface area contributed by atoms with Crippen molar-refractivity contribution >= 4 is 17.0 Å². The van der Waals surface area contributed by atoms with E-state index in [1.165, 1.54) is 0 Å². The Morgan fingerprint density at radius 3 is 2.53 bits per heavy atom. The lowest BCUT2D eigenvalue weighted by molar-refractivity contribution is 0.271. The zero-order chi connectivity index (χ0) is 20.8. The fourth-order valence-electron chi connectivity index (χ4n) is 4.28. The van der Waals surface area contributed by atoms with E-state index >= 15 is 0 Å².